The minimum atomic E-state index is -0.963. The summed E-state index contributed by atoms with van der Waals surface area (Å²) in [6.07, 6.45) is 3.73. The van der Waals surface area contributed by atoms with Crippen molar-refractivity contribution in [3.63, 3.8) is 0 Å². The van der Waals surface area contributed by atoms with Crippen LogP contribution >= 0.6 is 11.8 Å². The van der Waals surface area contributed by atoms with Gasteiger partial charge in [0.15, 0.2) is 22.1 Å². The second-order valence-electron chi connectivity index (χ2n) is 12.5. The minimum Gasteiger partial charge on any atom is -0.497 e. The van der Waals surface area contributed by atoms with Crippen molar-refractivity contribution in [1.82, 2.24) is 25.0 Å². The summed E-state index contributed by atoms with van der Waals surface area (Å²) in [4.78, 5) is 9.69. The van der Waals surface area contributed by atoms with Crippen molar-refractivity contribution in [3.8, 4) is 11.5 Å². The van der Waals surface area contributed by atoms with Crippen LogP contribution in [0.4, 0.5) is 5.82 Å². The van der Waals surface area contributed by atoms with Gasteiger partial charge in [-0.2, -0.15) is 0 Å². The Kier molecular flexibility index (Phi) is 11.3. The molecule has 5 aromatic rings. The maximum atomic E-state index is 11.5. The van der Waals surface area contributed by atoms with Crippen molar-refractivity contribution in [1.29, 1.82) is 0 Å². The molecule has 0 spiro atoms. The Bertz CT molecular complexity index is 1740. The summed E-state index contributed by atoms with van der Waals surface area (Å²) >= 11 is 1.64. The molecule has 1 fully saturated rings. The molecule has 10 nitrogen and oxygen atoms in total. The predicted molar refractivity (Wildman–Crippen MR) is 194 cm³/mol. The highest BCUT2D eigenvalue weighted by Crippen LogP contribution is 2.44. The number of anilines is 1. The maximum Gasteiger partial charge on any atom is 0.191 e. The number of unbranched alkanes of at least 4 members (excludes halogenated alkanes) is 1. The molecule has 2 aromatic heterocycles. The highest BCUT2D eigenvalue weighted by Gasteiger charge is 2.42. The van der Waals surface area contributed by atoms with Gasteiger partial charge in [-0.1, -0.05) is 91.8 Å². The topological polar surface area (TPSA) is 116 Å². The Labute approximate surface area is 292 Å². The first-order chi connectivity index (χ1) is 24.0. The first kappa shape index (κ1) is 34.7. The number of thioether (sulfide) groups is 1. The molecule has 3 atom stereocenters. The van der Waals surface area contributed by atoms with Gasteiger partial charge in [0.2, 0.25) is 0 Å². The molecule has 0 radical (unpaired) electrons. The highest BCUT2D eigenvalue weighted by molar-refractivity contribution is 7.99. The van der Waals surface area contributed by atoms with Gasteiger partial charge < -0.3 is 24.6 Å². The lowest BCUT2D eigenvalue weighted by atomic mass is 9.80. The number of ether oxygens (including phenoxy) is 3. The fraction of sp³-hybridized carbons (Fsp3) is 0.421. The van der Waals surface area contributed by atoms with Gasteiger partial charge in [-0.15, -0.1) is 5.10 Å². The van der Waals surface area contributed by atoms with E-state index in [1.54, 1.807) is 26.0 Å². The largest absolute Gasteiger partial charge is 0.497 e. The Morgan fingerprint density at radius 2 is 1.51 bits per heavy atom. The highest BCUT2D eigenvalue weighted by atomic mass is 32.2. The van der Waals surface area contributed by atoms with E-state index < -0.39 is 11.7 Å². The molecule has 3 aromatic carbocycles. The fourth-order valence-electron chi connectivity index (χ4n) is 6.58. The van der Waals surface area contributed by atoms with E-state index in [1.165, 1.54) is 0 Å². The molecule has 2 heterocycles. The molecular weight excluding hydrogens is 637 g/mol. The summed E-state index contributed by atoms with van der Waals surface area (Å²) in [5.41, 5.74) is 3.28. The summed E-state index contributed by atoms with van der Waals surface area (Å²) in [6, 6.07) is 26.1. The Hall–Kier alpha value is -4.19. The second-order valence-corrected chi connectivity index (χ2v) is 13.5. The van der Waals surface area contributed by atoms with Crippen molar-refractivity contribution >= 4 is 28.7 Å². The molecule has 0 aliphatic heterocycles. The fourth-order valence-corrected chi connectivity index (χ4v) is 7.27. The van der Waals surface area contributed by atoms with E-state index in [9.17, 15) is 5.11 Å². The van der Waals surface area contributed by atoms with Crippen LogP contribution in [0.5, 0.6) is 11.5 Å². The lowest BCUT2D eigenvalue weighted by Crippen LogP contribution is -2.35. The first-order valence-corrected chi connectivity index (χ1v) is 18.1. The van der Waals surface area contributed by atoms with E-state index in [-0.39, 0.29) is 12.0 Å². The van der Waals surface area contributed by atoms with Gasteiger partial charge in [0.05, 0.1) is 33.0 Å². The molecule has 1 aliphatic rings. The van der Waals surface area contributed by atoms with Gasteiger partial charge in [0, 0.05) is 18.2 Å². The summed E-state index contributed by atoms with van der Waals surface area (Å²) in [5.74, 6) is 3.01. The Morgan fingerprint density at radius 1 is 0.857 bits per heavy atom. The molecule has 49 heavy (non-hydrogen) atoms. The predicted octanol–water partition coefficient (Wildman–Crippen LogP) is 7.27. The zero-order valence-electron chi connectivity index (χ0n) is 28.7. The number of benzene rings is 3. The van der Waals surface area contributed by atoms with Crippen LogP contribution in [0.15, 0.2) is 84.0 Å². The number of methoxy groups -OCH3 is 2. The molecule has 0 amide bonds. The lowest BCUT2D eigenvalue weighted by molar-refractivity contribution is -0.0296. The van der Waals surface area contributed by atoms with Crippen molar-refractivity contribution in [2.45, 2.75) is 68.9 Å². The average molecular weight is 683 g/mol. The molecule has 1 saturated carbocycles. The van der Waals surface area contributed by atoms with Crippen molar-refractivity contribution < 1.29 is 19.3 Å². The Morgan fingerprint density at radius 3 is 2.12 bits per heavy atom. The Balaban J connectivity index is 1.32. The van der Waals surface area contributed by atoms with Gasteiger partial charge in [0.1, 0.15) is 17.1 Å². The first-order valence-electron chi connectivity index (χ1n) is 17.2. The molecule has 1 aliphatic carbocycles. The molecule has 0 bridgehead atoms. The monoisotopic (exact) mass is 682 g/mol. The van der Waals surface area contributed by atoms with Gasteiger partial charge in [-0.3, -0.25) is 0 Å². The number of aliphatic hydroxyl groups excluding tert-OH is 1. The van der Waals surface area contributed by atoms with Crippen LogP contribution in [-0.2, 0) is 10.3 Å². The van der Waals surface area contributed by atoms with Gasteiger partial charge in [0.25, 0.3) is 0 Å². The maximum absolute atomic E-state index is 11.5. The zero-order chi connectivity index (χ0) is 34.2. The number of hydrogen-bond acceptors (Lipinski definition) is 10. The SMILES string of the molecule is CCCCNc1nc(SCCC)nc2c1nnn2C1CC(O)C(COC(c2ccccc2)(c2ccc(OC)cc2)c2ccc(OC)cc2)C1. The number of nitrogens with zero attached hydrogens (tertiary/aromatic N) is 5. The van der Waals surface area contributed by atoms with Crippen LogP contribution in [-0.4, -0.2) is 69.3 Å². The smallest absolute Gasteiger partial charge is 0.191 e. The molecule has 3 unspecified atom stereocenters. The number of aliphatic hydroxyl groups is 1. The third kappa shape index (κ3) is 7.39. The summed E-state index contributed by atoms with van der Waals surface area (Å²) < 4.78 is 20.0. The molecule has 0 saturated heterocycles. The van der Waals surface area contributed by atoms with Crippen LogP contribution < -0.4 is 14.8 Å². The summed E-state index contributed by atoms with van der Waals surface area (Å²) in [6.45, 7) is 5.43. The van der Waals surface area contributed by atoms with E-state index in [2.05, 4.69) is 41.6 Å². The molecule has 6 rings (SSSR count). The van der Waals surface area contributed by atoms with Gasteiger partial charge >= 0.3 is 0 Å². The van der Waals surface area contributed by atoms with Crippen molar-refractivity contribution in [3.05, 3.63) is 95.6 Å². The van der Waals surface area contributed by atoms with E-state index >= 15 is 0 Å². The number of nitrogens with one attached hydrogen (secondary N) is 1. The second kappa shape index (κ2) is 16.0. The van der Waals surface area contributed by atoms with Crippen LogP contribution in [0.25, 0.3) is 11.2 Å². The number of fused-ring (bicyclic) bond motifs is 1. The molecule has 258 valence electrons. The standard InChI is InChI=1S/C38H46N6O4S/c1-5-7-21-39-35-34-36(41-37(40-35)49-22-6-2)44(43-42-34)30-23-26(33(45)24-30)25-48-38(27-11-9-8-10-12-27,28-13-17-31(46-3)18-14-28)29-15-19-32(47-4)20-16-29/h8-20,26,30,33,45H,5-7,21-25H2,1-4H3,(H,39,40,41). The molecule has 11 heteroatoms. The lowest BCUT2D eigenvalue weighted by Gasteiger charge is -2.37. The van der Waals surface area contributed by atoms with Crippen LogP contribution in [0.1, 0.15) is 68.7 Å². The van der Waals surface area contributed by atoms with Crippen molar-refractivity contribution in [2.75, 3.05) is 38.4 Å². The number of rotatable bonds is 16. The van der Waals surface area contributed by atoms with E-state index in [1.807, 2.05) is 71.4 Å². The quantitative estimate of drug-likeness (QED) is 0.0476. The van der Waals surface area contributed by atoms with E-state index in [0.29, 0.717) is 41.6 Å². The van der Waals surface area contributed by atoms with Crippen molar-refractivity contribution in [2.24, 2.45) is 5.92 Å². The molecular formula is C38H46N6O4S. The average Bonchev–Trinajstić information content (AvgIpc) is 3.75. The zero-order valence-corrected chi connectivity index (χ0v) is 29.5. The third-order valence-corrected chi connectivity index (χ3v) is 10.3. The van der Waals surface area contributed by atoms with Crippen LogP contribution in [0, 0.1) is 5.92 Å². The molecule has 2 N–H and O–H groups in total. The normalized spacial score (nSPS) is 17.8. The third-order valence-electron chi connectivity index (χ3n) is 9.23. The van der Waals surface area contributed by atoms with Gasteiger partial charge in [-0.05, 0) is 66.6 Å². The summed E-state index contributed by atoms with van der Waals surface area (Å²) in [5, 5.41) is 24.8. The number of hydrogen-bond donors (Lipinski definition) is 2. The summed E-state index contributed by atoms with van der Waals surface area (Å²) in [7, 11) is 3.33. The van der Waals surface area contributed by atoms with Gasteiger partial charge in [-0.25, -0.2) is 14.6 Å². The van der Waals surface area contributed by atoms with Crippen LogP contribution in [0.2, 0.25) is 0 Å². The minimum absolute atomic E-state index is 0.0934. The van der Waals surface area contributed by atoms with E-state index in [4.69, 9.17) is 24.2 Å². The number of aromatic nitrogens is 5. The van der Waals surface area contributed by atoms with E-state index in [0.717, 1.165) is 59.7 Å². The van der Waals surface area contributed by atoms with Crippen LogP contribution in [0.3, 0.4) is 0 Å².